The quantitative estimate of drug-likeness (QED) is 0.583. The summed E-state index contributed by atoms with van der Waals surface area (Å²) in [5.41, 5.74) is 3.96. The Morgan fingerprint density at radius 2 is 1.38 bits per heavy atom. The van der Waals surface area contributed by atoms with Crippen LogP contribution in [-0.4, -0.2) is 18.3 Å². The Morgan fingerprint density at radius 1 is 0.731 bits per heavy atom. The van der Waals surface area contributed by atoms with E-state index in [1.807, 2.05) is 6.07 Å². The summed E-state index contributed by atoms with van der Waals surface area (Å²) < 4.78 is 12.6. The van der Waals surface area contributed by atoms with Crippen LogP contribution in [0.4, 0.5) is 0 Å². The second-order valence-electron chi connectivity index (χ2n) is 7.78. The van der Waals surface area contributed by atoms with E-state index in [4.69, 9.17) is 9.31 Å². The zero-order chi connectivity index (χ0) is 18.4. The normalized spacial score (nSPS) is 18.2. The van der Waals surface area contributed by atoms with Gasteiger partial charge in [-0.05, 0) is 67.4 Å². The van der Waals surface area contributed by atoms with Crippen molar-refractivity contribution in [3.05, 3.63) is 66.0 Å². The Morgan fingerprint density at radius 3 is 2.00 bits per heavy atom. The maximum absolute atomic E-state index is 6.29. The lowest BCUT2D eigenvalue weighted by atomic mass is 9.77. The molecule has 1 aliphatic heterocycles. The van der Waals surface area contributed by atoms with E-state index in [1.54, 1.807) is 11.3 Å². The number of rotatable bonds is 3. The van der Waals surface area contributed by atoms with Crippen LogP contribution in [0.15, 0.2) is 66.0 Å². The van der Waals surface area contributed by atoms with Gasteiger partial charge in [0.25, 0.3) is 0 Å². The van der Waals surface area contributed by atoms with Gasteiger partial charge in [0.2, 0.25) is 0 Å². The first kappa shape index (κ1) is 17.5. The summed E-state index contributed by atoms with van der Waals surface area (Å²) in [6.07, 6.45) is 0. The smallest absolute Gasteiger partial charge is 0.399 e. The molecule has 0 spiro atoms. The van der Waals surface area contributed by atoms with Gasteiger partial charge in [0, 0.05) is 4.88 Å². The zero-order valence-electron chi connectivity index (χ0n) is 15.7. The summed E-state index contributed by atoms with van der Waals surface area (Å²) in [6.45, 7) is 8.37. The van der Waals surface area contributed by atoms with Gasteiger partial charge in [-0.2, -0.15) is 0 Å². The van der Waals surface area contributed by atoms with Gasteiger partial charge in [0.05, 0.1) is 11.2 Å². The molecule has 2 nitrogen and oxygen atoms in total. The molecule has 0 unspecified atom stereocenters. The minimum absolute atomic E-state index is 0.344. The van der Waals surface area contributed by atoms with Crippen molar-refractivity contribution < 1.29 is 9.31 Å². The van der Waals surface area contributed by atoms with E-state index in [-0.39, 0.29) is 18.3 Å². The molecule has 4 heteroatoms. The molecule has 2 heterocycles. The van der Waals surface area contributed by atoms with Crippen molar-refractivity contribution in [1.29, 1.82) is 0 Å². The number of thiophene rings is 1. The fourth-order valence-corrected chi connectivity index (χ4v) is 3.86. The predicted molar refractivity (Wildman–Crippen MR) is 111 cm³/mol. The zero-order valence-corrected chi connectivity index (χ0v) is 16.5. The highest BCUT2D eigenvalue weighted by atomic mass is 32.1. The summed E-state index contributed by atoms with van der Waals surface area (Å²) in [7, 11) is -0.359. The van der Waals surface area contributed by atoms with E-state index in [1.165, 1.54) is 21.6 Å². The highest BCUT2D eigenvalue weighted by Crippen LogP contribution is 2.37. The Kier molecular flexibility index (Phi) is 4.30. The summed E-state index contributed by atoms with van der Waals surface area (Å²) >= 11 is 1.75. The third kappa shape index (κ3) is 3.13. The van der Waals surface area contributed by atoms with Crippen molar-refractivity contribution in [3.63, 3.8) is 0 Å². The van der Waals surface area contributed by atoms with Crippen LogP contribution >= 0.6 is 11.3 Å². The third-order valence-corrected chi connectivity index (χ3v) is 6.31. The van der Waals surface area contributed by atoms with Crippen LogP contribution in [0.25, 0.3) is 21.6 Å². The summed E-state index contributed by atoms with van der Waals surface area (Å²) in [5, 5.41) is 2.11. The second-order valence-corrected chi connectivity index (χ2v) is 8.72. The Bertz CT molecular complexity index is 885. The SMILES string of the molecule is CC1(C)OB(c2cc(-c3ccccc3)cc(-c3cccs3)c2)OC1(C)C. The minimum atomic E-state index is -0.359. The molecule has 0 bridgehead atoms. The lowest BCUT2D eigenvalue weighted by Crippen LogP contribution is -2.41. The molecule has 0 radical (unpaired) electrons. The lowest BCUT2D eigenvalue weighted by molar-refractivity contribution is 0.00578. The van der Waals surface area contributed by atoms with Crippen molar-refractivity contribution in [3.8, 4) is 21.6 Å². The van der Waals surface area contributed by atoms with E-state index in [9.17, 15) is 0 Å². The predicted octanol–water partition coefficient (Wildman–Crippen LogP) is 5.38. The van der Waals surface area contributed by atoms with Crippen LogP contribution in [0.3, 0.4) is 0 Å². The average Bonchev–Trinajstić information content (AvgIpc) is 3.22. The van der Waals surface area contributed by atoms with Crippen LogP contribution < -0.4 is 5.46 Å². The van der Waals surface area contributed by atoms with Gasteiger partial charge in [-0.1, -0.05) is 48.5 Å². The molecule has 1 aromatic heterocycles. The van der Waals surface area contributed by atoms with E-state index >= 15 is 0 Å². The van der Waals surface area contributed by atoms with Gasteiger partial charge in [-0.25, -0.2) is 0 Å². The first-order chi connectivity index (χ1) is 12.4. The molecule has 0 N–H and O–H groups in total. The molecule has 132 valence electrons. The van der Waals surface area contributed by atoms with Gasteiger partial charge < -0.3 is 9.31 Å². The second kappa shape index (κ2) is 6.38. The van der Waals surface area contributed by atoms with Crippen LogP contribution in [0.5, 0.6) is 0 Å². The minimum Gasteiger partial charge on any atom is -0.399 e. The fraction of sp³-hybridized carbons (Fsp3) is 0.273. The molecule has 0 atom stereocenters. The Labute approximate surface area is 159 Å². The molecule has 0 aliphatic carbocycles. The number of hydrogen-bond donors (Lipinski definition) is 0. The molecule has 26 heavy (non-hydrogen) atoms. The van der Waals surface area contributed by atoms with Gasteiger partial charge in [0.15, 0.2) is 0 Å². The number of hydrogen-bond acceptors (Lipinski definition) is 3. The first-order valence-corrected chi connectivity index (χ1v) is 9.84. The molecule has 2 aromatic carbocycles. The van der Waals surface area contributed by atoms with Crippen LogP contribution in [0.1, 0.15) is 27.7 Å². The van der Waals surface area contributed by atoms with E-state index < -0.39 is 0 Å². The largest absolute Gasteiger partial charge is 0.494 e. The van der Waals surface area contributed by atoms with Gasteiger partial charge >= 0.3 is 7.12 Å². The van der Waals surface area contributed by atoms with E-state index in [0.29, 0.717) is 0 Å². The maximum atomic E-state index is 6.29. The van der Waals surface area contributed by atoms with Gasteiger partial charge in [0.1, 0.15) is 0 Å². The Balaban J connectivity index is 1.81. The third-order valence-electron chi connectivity index (χ3n) is 5.39. The summed E-state index contributed by atoms with van der Waals surface area (Å²) in [5.74, 6) is 0. The topological polar surface area (TPSA) is 18.5 Å². The van der Waals surface area contributed by atoms with Crippen molar-refractivity contribution in [2.45, 2.75) is 38.9 Å². The highest BCUT2D eigenvalue weighted by molar-refractivity contribution is 7.13. The molecular weight excluding hydrogens is 339 g/mol. The van der Waals surface area contributed by atoms with E-state index in [2.05, 4.69) is 87.7 Å². The molecular formula is C22H23BO2S. The monoisotopic (exact) mass is 362 g/mol. The summed E-state index contributed by atoms with van der Waals surface area (Å²) in [6, 6.07) is 21.3. The van der Waals surface area contributed by atoms with Crippen molar-refractivity contribution in [1.82, 2.24) is 0 Å². The number of benzene rings is 2. The lowest BCUT2D eigenvalue weighted by Gasteiger charge is -2.32. The standard InChI is InChI=1S/C22H23BO2S/c1-21(2)22(3,4)25-23(24-21)19-14-17(16-9-6-5-7-10-16)13-18(15-19)20-11-8-12-26-20/h5-15H,1-4H3. The van der Waals surface area contributed by atoms with E-state index in [0.717, 1.165) is 5.46 Å². The maximum Gasteiger partial charge on any atom is 0.494 e. The molecule has 1 saturated heterocycles. The van der Waals surface area contributed by atoms with Gasteiger partial charge in [-0.3, -0.25) is 0 Å². The van der Waals surface area contributed by atoms with Crippen LogP contribution in [0.2, 0.25) is 0 Å². The summed E-state index contributed by atoms with van der Waals surface area (Å²) in [4.78, 5) is 1.25. The molecule has 1 fully saturated rings. The van der Waals surface area contributed by atoms with Crippen LogP contribution in [0, 0.1) is 0 Å². The first-order valence-electron chi connectivity index (χ1n) is 8.96. The molecule has 4 rings (SSSR count). The van der Waals surface area contributed by atoms with Crippen molar-refractivity contribution in [2.24, 2.45) is 0 Å². The Hall–Kier alpha value is -1.88. The van der Waals surface area contributed by atoms with Crippen molar-refractivity contribution in [2.75, 3.05) is 0 Å². The molecule has 0 amide bonds. The average molecular weight is 362 g/mol. The fourth-order valence-electron chi connectivity index (χ4n) is 3.15. The van der Waals surface area contributed by atoms with Gasteiger partial charge in [-0.15, -0.1) is 11.3 Å². The van der Waals surface area contributed by atoms with Crippen LogP contribution in [-0.2, 0) is 9.31 Å². The highest BCUT2D eigenvalue weighted by Gasteiger charge is 2.51. The molecule has 0 saturated carbocycles. The molecule has 1 aliphatic rings. The molecule has 3 aromatic rings. The van der Waals surface area contributed by atoms with Crippen molar-refractivity contribution >= 4 is 23.9 Å².